The molecule has 0 aliphatic carbocycles. The van der Waals surface area contributed by atoms with Crippen molar-refractivity contribution in [3.8, 4) is 5.69 Å². The number of para-hydroxylation sites is 1. The molecule has 1 unspecified atom stereocenters. The molecule has 2 aromatic heterocycles. The van der Waals surface area contributed by atoms with Crippen LogP contribution < -0.4 is 10.5 Å². The van der Waals surface area contributed by atoms with Crippen LogP contribution >= 0.6 is 0 Å². The van der Waals surface area contributed by atoms with E-state index in [9.17, 15) is 4.79 Å². The van der Waals surface area contributed by atoms with Crippen molar-refractivity contribution in [1.82, 2.24) is 19.7 Å². The number of aryl methyl sites for hydroxylation is 1. The van der Waals surface area contributed by atoms with E-state index < -0.39 is 0 Å². The molecule has 146 valence electrons. The first-order chi connectivity index (χ1) is 14.3. The number of aromatic nitrogens is 4. The van der Waals surface area contributed by atoms with Crippen molar-refractivity contribution in [3.63, 3.8) is 0 Å². The predicted molar refractivity (Wildman–Crippen MR) is 115 cm³/mol. The molecular formula is C23H23N5O. The van der Waals surface area contributed by atoms with Crippen LogP contribution in [0, 0.1) is 0 Å². The smallest absolute Gasteiger partial charge is 0.263 e. The van der Waals surface area contributed by atoms with Crippen LogP contribution in [-0.4, -0.2) is 32.3 Å². The van der Waals surface area contributed by atoms with Crippen LogP contribution in [0.5, 0.6) is 0 Å². The maximum absolute atomic E-state index is 12.7. The average molecular weight is 385 g/mol. The van der Waals surface area contributed by atoms with Gasteiger partial charge in [-0.1, -0.05) is 48.5 Å². The SMILES string of the molecule is O=c1[nH]c(N2CCCC2CCc2ccccc2)nc2c1cnn2-c1ccccc1. The molecule has 6 nitrogen and oxygen atoms in total. The summed E-state index contributed by atoms with van der Waals surface area (Å²) in [5, 5.41) is 4.92. The molecule has 1 aliphatic rings. The highest BCUT2D eigenvalue weighted by molar-refractivity contribution is 5.76. The van der Waals surface area contributed by atoms with Gasteiger partial charge in [-0.3, -0.25) is 9.78 Å². The zero-order chi connectivity index (χ0) is 19.6. The van der Waals surface area contributed by atoms with Crippen molar-refractivity contribution in [3.05, 3.63) is 82.8 Å². The lowest BCUT2D eigenvalue weighted by atomic mass is 10.0. The minimum atomic E-state index is -0.138. The van der Waals surface area contributed by atoms with E-state index in [1.54, 1.807) is 10.9 Å². The first kappa shape index (κ1) is 17.7. The van der Waals surface area contributed by atoms with Gasteiger partial charge in [0.2, 0.25) is 5.95 Å². The first-order valence-electron chi connectivity index (χ1n) is 10.1. The zero-order valence-electron chi connectivity index (χ0n) is 16.2. The molecule has 4 aromatic rings. The van der Waals surface area contributed by atoms with Crippen molar-refractivity contribution >= 4 is 17.0 Å². The number of nitrogens with zero attached hydrogens (tertiary/aromatic N) is 4. The third-order valence-electron chi connectivity index (χ3n) is 5.68. The van der Waals surface area contributed by atoms with E-state index in [1.807, 2.05) is 36.4 Å². The number of nitrogens with one attached hydrogen (secondary N) is 1. The molecule has 1 saturated heterocycles. The molecule has 6 heteroatoms. The van der Waals surface area contributed by atoms with Gasteiger partial charge in [-0.25, -0.2) is 4.68 Å². The fourth-order valence-electron chi connectivity index (χ4n) is 4.19. The van der Waals surface area contributed by atoms with Crippen molar-refractivity contribution in [2.24, 2.45) is 0 Å². The van der Waals surface area contributed by atoms with Gasteiger partial charge in [-0.15, -0.1) is 0 Å². The van der Waals surface area contributed by atoms with E-state index in [0.717, 1.165) is 37.9 Å². The van der Waals surface area contributed by atoms with Crippen LogP contribution in [0.2, 0.25) is 0 Å². The Hall–Kier alpha value is -3.41. The first-order valence-corrected chi connectivity index (χ1v) is 10.1. The zero-order valence-corrected chi connectivity index (χ0v) is 16.2. The minimum Gasteiger partial charge on any atom is -0.339 e. The maximum atomic E-state index is 12.7. The van der Waals surface area contributed by atoms with Gasteiger partial charge >= 0.3 is 0 Å². The average Bonchev–Trinajstić information content (AvgIpc) is 3.41. The highest BCUT2D eigenvalue weighted by atomic mass is 16.1. The molecule has 2 aromatic carbocycles. The second-order valence-corrected chi connectivity index (χ2v) is 7.53. The number of rotatable bonds is 5. The second kappa shape index (κ2) is 7.54. The monoisotopic (exact) mass is 385 g/mol. The van der Waals surface area contributed by atoms with Crippen LogP contribution in [0.3, 0.4) is 0 Å². The quantitative estimate of drug-likeness (QED) is 0.569. The van der Waals surface area contributed by atoms with Gasteiger partial charge in [0.25, 0.3) is 5.56 Å². The highest BCUT2D eigenvalue weighted by Crippen LogP contribution is 2.26. The van der Waals surface area contributed by atoms with E-state index in [2.05, 4.69) is 39.2 Å². The summed E-state index contributed by atoms with van der Waals surface area (Å²) in [5.41, 5.74) is 2.71. The van der Waals surface area contributed by atoms with Crippen molar-refractivity contribution in [2.45, 2.75) is 31.7 Å². The largest absolute Gasteiger partial charge is 0.339 e. The Morgan fingerprint density at radius 1 is 1.03 bits per heavy atom. The van der Waals surface area contributed by atoms with Gasteiger partial charge < -0.3 is 4.90 Å². The summed E-state index contributed by atoms with van der Waals surface area (Å²) in [6.07, 6.45) is 5.89. The third kappa shape index (κ3) is 3.42. The third-order valence-corrected chi connectivity index (χ3v) is 5.68. The fourth-order valence-corrected chi connectivity index (χ4v) is 4.19. The summed E-state index contributed by atoms with van der Waals surface area (Å²) in [6.45, 7) is 0.910. The van der Waals surface area contributed by atoms with Gasteiger partial charge in [0.15, 0.2) is 5.65 Å². The Balaban J connectivity index is 1.47. The molecule has 1 N–H and O–H groups in total. The van der Waals surface area contributed by atoms with Crippen LogP contribution in [0.4, 0.5) is 5.95 Å². The second-order valence-electron chi connectivity index (χ2n) is 7.53. The number of benzene rings is 2. The van der Waals surface area contributed by atoms with Gasteiger partial charge in [0, 0.05) is 12.6 Å². The van der Waals surface area contributed by atoms with Crippen molar-refractivity contribution in [1.29, 1.82) is 0 Å². The number of aromatic amines is 1. The normalized spacial score (nSPS) is 16.6. The molecule has 3 heterocycles. The van der Waals surface area contributed by atoms with Crippen molar-refractivity contribution < 1.29 is 0 Å². The molecule has 5 rings (SSSR count). The highest BCUT2D eigenvalue weighted by Gasteiger charge is 2.27. The summed E-state index contributed by atoms with van der Waals surface area (Å²) in [5.74, 6) is 0.649. The van der Waals surface area contributed by atoms with Gasteiger partial charge in [0.05, 0.1) is 11.9 Å². The standard InChI is InChI=1S/C23H23N5O/c29-22-20-16-24-28(19-10-5-2-6-11-19)21(20)25-23(26-22)27-15-7-12-18(27)14-13-17-8-3-1-4-9-17/h1-6,8-11,16,18H,7,12-15H2,(H,25,26,29). The molecule has 0 spiro atoms. The maximum Gasteiger partial charge on any atom is 0.263 e. The van der Waals surface area contributed by atoms with Crippen LogP contribution in [0.25, 0.3) is 16.7 Å². The summed E-state index contributed by atoms with van der Waals surface area (Å²) in [6, 6.07) is 20.7. The molecule has 0 amide bonds. The molecule has 1 atom stereocenters. The minimum absolute atomic E-state index is 0.138. The van der Waals surface area contributed by atoms with Crippen LogP contribution in [0.1, 0.15) is 24.8 Å². The molecule has 1 aliphatic heterocycles. The molecule has 29 heavy (non-hydrogen) atoms. The number of hydrogen-bond donors (Lipinski definition) is 1. The number of H-pyrrole nitrogens is 1. The Kier molecular flexibility index (Phi) is 4.60. The molecule has 0 bridgehead atoms. The molecular weight excluding hydrogens is 362 g/mol. The Bertz CT molecular complexity index is 1170. The van der Waals surface area contributed by atoms with Crippen LogP contribution in [0.15, 0.2) is 71.7 Å². The lowest BCUT2D eigenvalue weighted by Crippen LogP contribution is -2.32. The van der Waals surface area contributed by atoms with E-state index in [1.165, 1.54) is 5.56 Å². The Morgan fingerprint density at radius 3 is 2.59 bits per heavy atom. The van der Waals surface area contributed by atoms with E-state index in [4.69, 9.17) is 4.98 Å². The van der Waals surface area contributed by atoms with Gasteiger partial charge in [-0.05, 0) is 43.4 Å². The van der Waals surface area contributed by atoms with E-state index in [0.29, 0.717) is 23.0 Å². The Morgan fingerprint density at radius 2 is 1.79 bits per heavy atom. The van der Waals surface area contributed by atoms with Crippen LogP contribution in [-0.2, 0) is 6.42 Å². The lowest BCUT2D eigenvalue weighted by Gasteiger charge is -2.25. The predicted octanol–water partition coefficient (Wildman–Crippen LogP) is 3.71. The summed E-state index contributed by atoms with van der Waals surface area (Å²) in [4.78, 5) is 22.8. The number of fused-ring (bicyclic) bond motifs is 1. The summed E-state index contributed by atoms with van der Waals surface area (Å²) < 4.78 is 1.74. The lowest BCUT2D eigenvalue weighted by molar-refractivity contribution is 0.601. The Labute approximate surface area is 168 Å². The molecule has 1 fully saturated rings. The van der Waals surface area contributed by atoms with E-state index >= 15 is 0 Å². The van der Waals surface area contributed by atoms with Gasteiger partial charge in [0.1, 0.15) is 5.39 Å². The number of hydrogen-bond acceptors (Lipinski definition) is 4. The fraction of sp³-hybridized carbons (Fsp3) is 0.261. The molecule has 0 saturated carbocycles. The number of anilines is 1. The van der Waals surface area contributed by atoms with Gasteiger partial charge in [-0.2, -0.15) is 10.1 Å². The summed E-state index contributed by atoms with van der Waals surface area (Å²) >= 11 is 0. The topological polar surface area (TPSA) is 66.8 Å². The van der Waals surface area contributed by atoms with E-state index in [-0.39, 0.29) is 5.56 Å². The molecule has 0 radical (unpaired) electrons. The van der Waals surface area contributed by atoms with Crippen molar-refractivity contribution in [2.75, 3.05) is 11.4 Å². The summed E-state index contributed by atoms with van der Waals surface area (Å²) in [7, 11) is 0.